The van der Waals surface area contributed by atoms with Crippen molar-refractivity contribution in [3.05, 3.63) is 35.3 Å². The van der Waals surface area contributed by atoms with Crippen LogP contribution in [0.5, 0.6) is 0 Å². The molecule has 2 saturated heterocycles. The minimum Gasteiger partial charge on any atom is -0.358 e. The van der Waals surface area contributed by atoms with Gasteiger partial charge in [-0.2, -0.15) is 0 Å². The highest BCUT2D eigenvalue weighted by Gasteiger charge is 2.33. The number of hydrogen-bond donors (Lipinski definition) is 1. The van der Waals surface area contributed by atoms with Gasteiger partial charge in [-0.1, -0.05) is 12.8 Å². The SMILES string of the molecule is CNC(=O)[C@@H]1CCCN1Cc1c(C(=O)N2CCCCCC2)nc2cc(C)ccn12. The fraction of sp³-hybridized carbons (Fsp3) is 0.591. The number of carbonyl (C=O) groups is 2. The number of rotatable bonds is 4. The molecule has 4 rings (SSSR count). The Morgan fingerprint density at radius 1 is 1.14 bits per heavy atom. The largest absolute Gasteiger partial charge is 0.358 e. The fourth-order valence-electron chi connectivity index (χ4n) is 4.61. The lowest BCUT2D eigenvalue weighted by Crippen LogP contribution is -2.42. The first-order valence-electron chi connectivity index (χ1n) is 10.8. The summed E-state index contributed by atoms with van der Waals surface area (Å²) in [5, 5.41) is 2.78. The van der Waals surface area contributed by atoms with Gasteiger partial charge in [0.2, 0.25) is 5.91 Å². The molecule has 0 saturated carbocycles. The Hall–Kier alpha value is -2.41. The summed E-state index contributed by atoms with van der Waals surface area (Å²) in [5.74, 6) is 0.0755. The number of aryl methyl sites for hydroxylation is 1. The van der Waals surface area contributed by atoms with Crippen LogP contribution in [0, 0.1) is 6.92 Å². The van der Waals surface area contributed by atoms with Gasteiger partial charge in [0.25, 0.3) is 5.91 Å². The van der Waals surface area contributed by atoms with Crippen LogP contribution in [0.3, 0.4) is 0 Å². The predicted octanol–water partition coefficient (Wildman–Crippen LogP) is 2.37. The highest BCUT2D eigenvalue weighted by Crippen LogP contribution is 2.24. The Labute approximate surface area is 172 Å². The minimum absolute atomic E-state index is 0.0268. The van der Waals surface area contributed by atoms with Crippen LogP contribution in [0.25, 0.3) is 5.65 Å². The summed E-state index contributed by atoms with van der Waals surface area (Å²) < 4.78 is 2.03. The third-order valence-electron chi connectivity index (χ3n) is 6.24. The van der Waals surface area contributed by atoms with Gasteiger partial charge in [0.1, 0.15) is 5.65 Å². The van der Waals surface area contributed by atoms with Gasteiger partial charge in [-0.15, -0.1) is 0 Å². The smallest absolute Gasteiger partial charge is 0.274 e. The van der Waals surface area contributed by atoms with Gasteiger partial charge < -0.3 is 14.6 Å². The lowest BCUT2D eigenvalue weighted by Gasteiger charge is -2.24. The zero-order valence-corrected chi connectivity index (χ0v) is 17.5. The summed E-state index contributed by atoms with van der Waals surface area (Å²) in [7, 11) is 1.68. The van der Waals surface area contributed by atoms with E-state index in [2.05, 4.69) is 10.2 Å². The second kappa shape index (κ2) is 8.53. The van der Waals surface area contributed by atoms with Crippen molar-refractivity contribution in [1.29, 1.82) is 0 Å². The van der Waals surface area contributed by atoms with E-state index in [1.54, 1.807) is 7.05 Å². The number of carbonyl (C=O) groups excluding carboxylic acids is 2. The summed E-state index contributed by atoms with van der Waals surface area (Å²) in [5.41, 5.74) is 3.35. The molecule has 4 heterocycles. The number of nitrogens with one attached hydrogen (secondary N) is 1. The Bertz CT molecular complexity index is 898. The van der Waals surface area contributed by atoms with Crippen LogP contribution < -0.4 is 5.32 Å². The summed E-state index contributed by atoms with van der Waals surface area (Å²) in [6.45, 7) is 5.05. The van der Waals surface area contributed by atoms with Crippen molar-refractivity contribution in [2.75, 3.05) is 26.7 Å². The maximum absolute atomic E-state index is 13.4. The van der Waals surface area contributed by atoms with Gasteiger partial charge in [-0.05, 0) is 56.8 Å². The number of nitrogens with zero attached hydrogens (tertiary/aromatic N) is 4. The molecule has 2 aromatic heterocycles. The van der Waals surface area contributed by atoms with Crippen molar-refractivity contribution in [3.63, 3.8) is 0 Å². The Kier molecular flexibility index (Phi) is 5.85. The topological polar surface area (TPSA) is 70.0 Å². The average molecular weight is 398 g/mol. The van der Waals surface area contributed by atoms with Crippen LogP contribution in [0.2, 0.25) is 0 Å². The number of imidazole rings is 1. The number of pyridine rings is 1. The van der Waals surface area contributed by atoms with E-state index in [4.69, 9.17) is 4.98 Å². The molecule has 7 nitrogen and oxygen atoms in total. The highest BCUT2D eigenvalue weighted by molar-refractivity contribution is 5.94. The molecular formula is C22H31N5O2. The van der Waals surface area contributed by atoms with Gasteiger partial charge in [-0.25, -0.2) is 4.98 Å². The molecule has 156 valence electrons. The molecule has 0 spiro atoms. The summed E-state index contributed by atoms with van der Waals surface area (Å²) in [4.78, 5) is 34.6. The van der Waals surface area contributed by atoms with Crippen LogP contribution in [-0.4, -0.2) is 63.7 Å². The van der Waals surface area contributed by atoms with Crippen LogP contribution in [0.1, 0.15) is 60.3 Å². The van der Waals surface area contributed by atoms with Gasteiger partial charge >= 0.3 is 0 Å². The van der Waals surface area contributed by atoms with E-state index in [-0.39, 0.29) is 17.9 Å². The van der Waals surface area contributed by atoms with E-state index in [9.17, 15) is 9.59 Å². The zero-order chi connectivity index (χ0) is 20.4. The Balaban J connectivity index is 1.70. The van der Waals surface area contributed by atoms with Crippen molar-refractivity contribution in [3.8, 4) is 0 Å². The maximum Gasteiger partial charge on any atom is 0.274 e. The zero-order valence-electron chi connectivity index (χ0n) is 17.5. The monoisotopic (exact) mass is 397 g/mol. The molecule has 1 N–H and O–H groups in total. The van der Waals surface area contributed by atoms with E-state index < -0.39 is 0 Å². The molecule has 2 aromatic rings. The number of amides is 2. The molecule has 2 aliphatic heterocycles. The van der Waals surface area contributed by atoms with E-state index in [1.165, 1.54) is 12.8 Å². The Morgan fingerprint density at radius 3 is 2.62 bits per heavy atom. The molecule has 2 amide bonds. The van der Waals surface area contributed by atoms with Crippen LogP contribution in [-0.2, 0) is 11.3 Å². The number of likely N-dealkylation sites (tertiary alicyclic amines) is 2. The van der Waals surface area contributed by atoms with Crippen molar-refractivity contribution in [2.24, 2.45) is 0 Å². The quantitative estimate of drug-likeness (QED) is 0.860. The van der Waals surface area contributed by atoms with Crippen molar-refractivity contribution in [2.45, 2.75) is 58.0 Å². The lowest BCUT2D eigenvalue weighted by molar-refractivity contribution is -0.125. The molecule has 2 aliphatic rings. The van der Waals surface area contributed by atoms with Crippen LogP contribution >= 0.6 is 0 Å². The second-order valence-corrected chi connectivity index (χ2v) is 8.29. The summed E-state index contributed by atoms with van der Waals surface area (Å²) >= 11 is 0. The predicted molar refractivity (Wildman–Crippen MR) is 112 cm³/mol. The first-order valence-corrected chi connectivity index (χ1v) is 10.8. The van der Waals surface area contributed by atoms with E-state index in [1.807, 2.05) is 34.6 Å². The van der Waals surface area contributed by atoms with Crippen LogP contribution in [0.15, 0.2) is 18.3 Å². The van der Waals surface area contributed by atoms with E-state index >= 15 is 0 Å². The van der Waals surface area contributed by atoms with Crippen LogP contribution in [0.4, 0.5) is 0 Å². The third-order valence-corrected chi connectivity index (χ3v) is 6.24. The molecule has 0 aliphatic carbocycles. The molecule has 7 heteroatoms. The first kappa shape index (κ1) is 19.9. The molecule has 0 bridgehead atoms. The van der Waals surface area contributed by atoms with Gasteiger partial charge in [0.05, 0.1) is 11.7 Å². The number of aromatic nitrogens is 2. The molecule has 0 unspecified atom stereocenters. The number of likely N-dealkylation sites (N-methyl/N-ethyl adjacent to an activating group) is 1. The lowest BCUT2D eigenvalue weighted by atomic mass is 10.2. The van der Waals surface area contributed by atoms with Gasteiger partial charge in [0.15, 0.2) is 5.69 Å². The van der Waals surface area contributed by atoms with E-state index in [0.717, 1.165) is 62.2 Å². The highest BCUT2D eigenvalue weighted by atomic mass is 16.2. The molecule has 2 fully saturated rings. The standard InChI is InChI=1S/C22H31N5O2/c1-16-9-13-27-18(15-26-12-7-8-17(26)21(28)23-2)20(24-19(27)14-16)22(29)25-10-5-3-4-6-11-25/h9,13-14,17H,3-8,10-12,15H2,1-2H3,(H,23,28)/t17-/m0/s1. The normalized spacial score (nSPS) is 20.8. The molecular weight excluding hydrogens is 366 g/mol. The maximum atomic E-state index is 13.4. The van der Waals surface area contributed by atoms with Crippen molar-refractivity contribution >= 4 is 17.5 Å². The van der Waals surface area contributed by atoms with Gasteiger partial charge in [-0.3, -0.25) is 14.5 Å². The Morgan fingerprint density at radius 2 is 1.90 bits per heavy atom. The first-order chi connectivity index (χ1) is 14.1. The molecule has 1 atom stereocenters. The molecule has 0 aromatic carbocycles. The van der Waals surface area contributed by atoms with E-state index in [0.29, 0.717) is 12.2 Å². The fourth-order valence-corrected chi connectivity index (χ4v) is 4.61. The minimum atomic E-state index is -0.142. The summed E-state index contributed by atoms with van der Waals surface area (Å²) in [6, 6.07) is 3.92. The molecule has 0 radical (unpaired) electrons. The second-order valence-electron chi connectivity index (χ2n) is 8.29. The molecule has 29 heavy (non-hydrogen) atoms. The average Bonchev–Trinajstić information content (AvgIpc) is 3.21. The summed E-state index contributed by atoms with van der Waals surface area (Å²) in [6.07, 6.45) is 8.31. The van der Waals surface area contributed by atoms with Gasteiger partial charge in [0, 0.05) is 32.9 Å². The van der Waals surface area contributed by atoms with Crippen molar-refractivity contribution < 1.29 is 9.59 Å². The van der Waals surface area contributed by atoms with Crippen molar-refractivity contribution in [1.82, 2.24) is 24.5 Å². The number of fused-ring (bicyclic) bond motifs is 1. The third kappa shape index (κ3) is 4.01. The number of hydrogen-bond acceptors (Lipinski definition) is 4.